The number of aromatic amines is 3. The fourth-order valence-electron chi connectivity index (χ4n) is 3.06. The van der Waals surface area contributed by atoms with Crippen molar-refractivity contribution in [1.82, 2.24) is 30.0 Å². The van der Waals surface area contributed by atoms with Crippen molar-refractivity contribution < 1.29 is 9.53 Å². The van der Waals surface area contributed by atoms with Gasteiger partial charge in [-0.1, -0.05) is 0 Å². The summed E-state index contributed by atoms with van der Waals surface area (Å²) in [5.74, 6) is -0.346. The lowest BCUT2D eigenvalue weighted by molar-refractivity contribution is 0.0480. The predicted octanol–water partition coefficient (Wildman–Crippen LogP) is 1.41. The summed E-state index contributed by atoms with van der Waals surface area (Å²) in [7, 11) is 3.85. The highest BCUT2D eigenvalue weighted by atomic mass is 16.5. The molecule has 148 valence electrons. The van der Waals surface area contributed by atoms with Gasteiger partial charge >= 0.3 is 5.97 Å². The minimum atomic E-state index is -0.346. The van der Waals surface area contributed by atoms with Gasteiger partial charge < -0.3 is 19.7 Å². The Kier molecular flexibility index (Phi) is 5.74. The third-order valence-corrected chi connectivity index (χ3v) is 4.54. The lowest BCUT2D eigenvalue weighted by Crippen LogP contribution is -2.20. The Balaban J connectivity index is 1.86. The number of rotatable bonds is 7. The molecule has 0 amide bonds. The van der Waals surface area contributed by atoms with Crippen molar-refractivity contribution in [2.75, 3.05) is 27.2 Å². The van der Waals surface area contributed by atoms with Crippen LogP contribution < -0.4 is 5.56 Å². The van der Waals surface area contributed by atoms with E-state index < -0.39 is 0 Å². The summed E-state index contributed by atoms with van der Waals surface area (Å²) in [5.41, 5.74) is 4.25. The summed E-state index contributed by atoms with van der Waals surface area (Å²) in [6, 6.07) is 0. The average molecular weight is 384 g/mol. The number of nitrogens with zero attached hydrogens (tertiary/aromatic N) is 3. The monoisotopic (exact) mass is 384 g/mol. The van der Waals surface area contributed by atoms with Crippen LogP contribution in [0.5, 0.6) is 0 Å². The number of H-pyrrole nitrogens is 3. The van der Waals surface area contributed by atoms with Crippen LogP contribution in [-0.4, -0.2) is 63.3 Å². The molecule has 0 aliphatic carbocycles. The first-order valence-corrected chi connectivity index (χ1v) is 8.94. The third-order valence-electron chi connectivity index (χ3n) is 4.54. The van der Waals surface area contributed by atoms with Crippen molar-refractivity contribution in [3.63, 3.8) is 0 Å². The van der Waals surface area contributed by atoms with Gasteiger partial charge in [-0.25, -0.2) is 4.79 Å². The summed E-state index contributed by atoms with van der Waals surface area (Å²) in [6.07, 6.45) is 5.11. The van der Waals surface area contributed by atoms with E-state index in [1.165, 1.54) is 0 Å². The molecule has 0 bridgehead atoms. The lowest BCUT2D eigenvalue weighted by atomic mass is 10.1. The molecular formula is C19H24N6O3. The Morgan fingerprint density at radius 3 is 2.64 bits per heavy atom. The molecule has 9 nitrogen and oxygen atoms in total. The van der Waals surface area contributed by atoms with E-state index in [0.717, 1.165) is 17.0 Å². The topological polar surface area (TPSA) is 120 Å². The number of hydrogen-bond donors (Lipinski definition) is 3. The van der Waals surface area contributed by atoms with Crippen molar-refractivity contribution >= 4 is 5.97 Å². The Bertz CT molecular complexity index is 1030. The molecule has 9 heteroatoms. The minimum Gasteiger partial charge on any atom is -0.461 e. The molecule has 0 fully saturated rings. The molecule has 0 radical (unpaired) electrons. The number of carbonyl (C=O) groups is 1. The number of esters is 1. The highest BCUT2D eigenvalue weighted by Crippen LogP contribution is 2.24. The van der Waals surface area contributed by atoms with E-state index in [1.807, 2.05) is 32.8 Å². The molecule has 3 rings (SSSR count). The third kappa shape index (κ3) is 4.04. The summed E-state index contributed by atoms with van der Waals surface area (Å²) in [5, 5.41) is 5.18. The van der Waals surface area contributed by atoms with E-state index >= 15 is 0 Å². The van der Waals surface area contributed by atoms with Crippen molar-refractivity contribution in [3.8, 4) is 11.3 Å². The first-order valence-electron chi connectivity index (χ1n) is 8.94. The second-order valence-electron chi connectivity index (χ2n) is 6.85. The molecule has 0 atom stereocenters. The van der Waals surface area contributed by atoms with Crippen LogP contribution in [0.25, 0.3) is 11.3 Å². The van der Waals surface area contributed by atoms with E-state index in [4.69, 9.17) is 4.74 Å². The fourth-order valence-corrected chi connectivity index (χ4v) is 3.06. The molecule has 0 aromatic carbocycles. The van der Waals surface area contributed by atoms with Gasteiger partial charge in [0.05, 0.1) is 22.5 Å². The number of nitrogens with one attached hydrogen (secondary N) is 3. The second kappa shape index (κ2) is 8.22. The van der Waals surface area contributed by atoms with E-state index in [9.17, 15) is 9.59 Å². The highest BCUT2D eigenvalue weighted by molar-refractivity contribution is 5.92. The van der Waals surface area contributed by atoms with E-state index in [1.54, 1.807) is 18.6 Å². The molecule has 0 aliphatic heterocycles. The smallest absolute Gasteiger partial charge is 0.340 e. The van der Waals surface area contributed by atoms with Crippen LogP contribution in [0, 0.1) is 13.8 Å². The Labute approximate surface area is 162 Å². The maximum Gasteiger partial charge on any atom is 0.340 e. The van der Waals surface area contributed by atoms with Crippen molar-refractivity contribution in [2.24, 2.45) is 0 Å². The van der Waals surface area contributed by atoms with Gasteiger partial charge in [0, 0.05) is 42.9 Å². The molecule has 3 heterocycles. The Morgan fingerprint density at radius 2 is 1.96 bits per heavy atom. The van der Waals surface area contributed by atoms with Gasteiger partial charge in [0.15, 0.2) is 0 Å². The van der Waals surface area contributed by atoms with Gasteiger partial charge in [0.25, 0.3) is 5.56 Å². The summed E-state index contributed by atoms with van der Waals surface area (Å²) in [4.78, 5) is 38.4. The predicted molar refractivity (Wildman–Crippen MR) is 104 cm³/mol. The maximum absolute atomic E-state index is 12.5. The maximum atomic E-state index is 12.5. The number of carbonyl (C=O) groups excluding carboxylic acids is 1. The molecule has 0 aliphatic rings. The van der Waals surface area contributed by atoms with Crippen LogP contribution in [0.4, 0.5) is 0 Å². The number of aromatic nitrogens is 5. The van der Waals surface area contributed by atoms with Crippen molar-refractivity contribution in [1.29, 1.82) is 0 Å². The van der Waals surface area contributed by atoms with E-state index in [0.29, 0.717) is 42.1 Å². The summed E-state index contributed by atoms with van der Waals surface area (Å²) < 4.78 is 5.38. The number of hydrogen-bond acceptors (Lipinski definition) is 6. The van der Waals surface area contributed by atoms with Crippen LogP contribution in [0.3, 0.4) is 0 Å². The Hall–Kier alpha value is -3.20. The number of likely N-dealkylation sites (N-methyl/N-ethyl adjacent to an activating group) is 1. The molecule has 28 heavy (non-hydrogen) atoms. The van der Waals surface area contributed by atoms with Gasteiger partial charge in [0.1, 0.15) is 6.61 Å². The molecule has 0 unspecified atom stereocenters. The lowest BCUT2D eigenvalue weighted by Gasteiger charge is -2.10. The standard InChI is InChI=1S/C19H24N6O3/c1-11-14(23-12(2)16(11)19(27)28-8-7-25(3)4)9-15-17(21-6-5-20-15)13-10-22-24-18(13)26/h5-6,10,23H,7-9H2,1-4H3,(H2,22,24,26). The Morgan fingerprint density at radius 1 is 1.21 bits per heavy atom. The molecule has 0 saturated carbocycles. The number of ether oxygens (including phenoxy) is 1. The molecule has 3 aromatic heterocycles. The number of aryl methyl sites for hydroxylation is 1. The zero-order valence-corrected chi connectivity index (χ0v) is 16.4. The van der Waals surface area contributed by atoms with Gasteiger partial charge in [-0.3, -0.25) is 19.9 Å². The van der Waals surface area contributed by atoms with E-state index in [-0.39, 0.29) is 11.5 Å². The van der Waals surface area contributed by atoms with E-state index in [2.05, 4.69) is 25.1 Å². The summed E-state index contributed by atoms with van der Waals surface area (Å²) >= 11 is 0. The summed E-state index contributed by atoms with van der Waals surface area (Å²) in [6.45, 7) is 4.71. The van der Waals surface area contributed by atoms with Crippen molar-refractivity contribution in [3.05, 3.63) is 57.2 Å². The molecule has 3 N–H and O–H groups in total. The molecule has 0 spiro atoms. The average Bonchev–Trinajstić information content (AvgIpc) is 3.18. The van der Waals surface area contributed by atoms with Crippen LogP contribution in [-0.2, 0) is 11.2 Å². The largest absolute Gasteiger partial charge is 0.461 e. The van der Waals surface area contributed by atoms with Crippen LogP contribution in [0.1, 0.15) is 33.0 Å². The van der Waals surface area contributed by atoms with Crippen molar-refractivity contribution in [2.45, 2.75) is 20.3 Å². The quantitative estimate of drug-likeness (QED) is 0.530. The van der Waals surface area contributed by atoms with Gasteiger partial charge in [-0.2, -0.15) is 0 Å². The first-order chi connectivity index (χ1) is 13.4. The highest BCUT2D eigenvalue weighted by Gasteiger charge is 2.21. The first kappa shape index (κ1) is 19.6. The molecule has 3 aromatic rings. The minimum absolute atomic E-state index is 0.258. The van der Waals surface area contributed by atoms with Crippen LogP contribution in [0.2, 0.25) is 0 Å². The zero-order valence-electron chi connectivity index (χ0n) is 16.4. The normalized spacial score (nSPS) is 11.2. The fraction of sp³-hybridized carbons (Fsp3) is 0.368. The zero-order chi connectivity index (χ0) is 20.3. The van der Waals surface area contributed by atoms with Gasteiger partial charge in [-0.05, 0) is 33.5 Å². The molecular weight excluding hydrogens is 360 g/mol. The van der Waals surface area contributed by atoms with Crippen LogP contribution >= 0.6 is 0 Å². The SMILES string of the molecule is Cc1[nH]c(Cc2nccnc2-c2c[nH][nH]c2=O)c(C)c1C(=O)OCCN(C)C. The van der Waals surface area contributed by atoms with Gasteiger partial charge in [0.2, 0.25) is 0 Å². The van der Waals surface area contributed by atoms with Gasteiger partial charge in [-0.15, -0.1) is 0 Å². The molecule has 0 saturated heterocycles. The second-order valence-corrected chi connectivity index (χ2v) is 6.85. The van der Waals surface area contributed by atoms with Crippen LogP contribution in [0.15, 0.2) is 23.4 Å².